The number of hydrogen-bond donors (Lipinski definition) is 1. The number of amides is 2. The van der Waals surface area contributed by atoms with Crippen molar-refractivity contribution in [2.45, 2.75) is 13.8 Å². The largest absolute Gasteiger partial charge is 0.370 e. The fourth-order valence-electron chi connectivity index (χ4n) is 2.69. The molecule has 6 nitrogen and oxygen atoms in total. The van der Waals surface area contributed by atoms with Crippen molar-refractivity contribution in [3.63, 3.8) is 0 Å². The van der Waals surface area contributed by atoms with E-state index >= 15 is 0 Å². The number of anilines is 1. The molecule has 7 heteroatoms. The number of carbonyl (C=O) groups is 1. The van der Waals surface area contributed by atoms with Gasteiger partial charge in [0.05, 0.1) is 11.5 Å². The summed E-state index contributed by atoms with van der Waals surface area (Å²) < 4.78 is 22.8. The van der Waals surface area contributed by atoms with Crippen LogP contribution in [0.3, 0.4) is 0 Å². The van der Waals surface area contributed by atoms with Gasteiger partial charge in [-0.1, -0.05) is 18.2 Å². The van der Waals surface area contributed by atoms with Gasteiger partial charge in [0.1, 0.15) is 0 Å². The molecule has 0 bridgehead atoms. The molecule has 0 spiro atoms. The molecular formula is C16H25N3O3S. The average Bonchev–Trinajstić information content (AvgIpc) is 2.52. The summed E-state index contributed by atoms with van der Waals surface area (Å²) in [4.78, 5) is 15.9. The Bertz CT molecular complexity index is 632. The number of likely N-dealkylation sites (N-methyl/N-ethyl adjacent to an activating group) is 1. The lowest BCUT2D eigenvalue weighted by atomic mass is 10.2. The van der Waals surface area contributed by atoms with Crippen LogP contribution in [0.4, 0.5) is 10.5 Å². The zero-order valence-corrected chi connectivity index (χ0v) is 14.6. The van der Waals surface area contributed by atoms with E-state index in [-0.39, 0.29) is 30.6 Å². The Morgan fingerprint density at radius 2 is 1.91 bits per heavy atom. The van der Waals surface area contributed by atoms with E-state index in [0.29, 0.717) is 6.54 Å². The Morgan fingerprint density at radius 3 is 2.52 bits per heavy atom. The normalized spacial score (nSPS) is 16.9. The van der Waals surface area contributed by atoms with E-state index < -0.39 is 9.84 Å². The summed E-state index contributed by atoms with van der Waals surface area (Å²) in [6, 6.07) is 8.00. The Hall–Kier alpha value is -1.76. The summed E-state index contributed by atoms with van der Waals surface area (Å²) in [6.07, 6.45) is 0. The lowest BCUT2D eigenvalue weighted by molar-refractivity contribution is 0.202. The Morgan fingerprint density at radius 1 is 1.26 bits per heavy atom. The van der Waals surface area contributed by atoms with Gasteiger partial charge in [-0.25, -0.2) is 13.2 Å². The molecule has 1 heterocycles. The van der Waals surface area contributed by atoms with E-state index in [1.807, 2.05) is 12.1 Å². The number of sulfone groups is 1. The number of carbonyl (C=O) groups excluding carboxylic acids is 1. The van der Waals surface area contributed by atoms with Crippen LogP contribution in [-0.2, 0) is 9.84 Å². The molecule has 2 amide bonds. The quantitative estimate of drug-likeness (QED) is 0.877. The van der Waals surface area contributed by atoms with Gasteiger partial charge in [-0.3, -0.25) is 0 Å². The lowest BCUT2D eigenvalue weighted by Gasteiger charge is -2.28. The van der Waals surface area contributed by atoms with E-state index in [1.165, 1.54) is 11.3 Å². The molecule has 1 aromatic carbocycles. The molecule has 23 heavy (non-hydrogen) atoms. The van der Waals surface area contributed by atoms with Gasteiger partial charge in [-0.05, 0) is 25.5 Å². The van der Waals surface area contributed by atoms with Gasteiger partial charge in [0.2, 0.25) is 0 Å². The molecule has 0 aliphatic carbocycles. The average molecular weight is 339 g/mol. The summed E-state index contributed by atoms with van der Waals surface area (Å²) in [5.41, 5.74) is 2.38. The van der Waals surface area contributed by atoms with Crippen LogP contribution in [0, 0.1) is 6.92 Å². The van der Waals surface area contributed by atoms with E-state index in [0.717, 1.165) is 13.1 Å². The van der Waals surface area contributed by atoms with Crippen LogP contribution in [0.25, 0.3) is 0 Å². The highest BCUT2D eigenvalue weighted by atomic mass is 32.2. The third-order valence-corrected chi connectivity index (χ3v) is 5.74. The molecular weight excluding hydrogens is 314 g/mol. The van der Waals surface area contributed by atoms with E-state index in [1.54, 1.807) is 4.90 Å². The first-order chi connectivity index (χ1) is 10.9. The van der Waals surface area contributed by atoms with Gasteiger partial charge < -0.3 is 15.1 Å². The number of benzene rings is 1. The van der Waals surface area contributed by atoms with Gasteiger partial charge in [-0.2, -0.15) is 0 Å². The van der Waals surface area contributed by atoms with E-state index in [2.05, 4.69) is 36.2 Å². The molecule has 1 fully saturated rings. The molecule has 0 saturated carbocycles. The van der Waals surface area contributed by atoms with Crippen LogP contribution in [0.15, 0.2) is 24.3 Å². The molecule has 128 valence electrons. The fourth-order valence-corrected chi connectivity index (χ4v) is 3.89. The monoisotopic (exact) mass is 339 g/mol. The first-order valence-electron chi connectivity index (χ1n) is 7.96. The van der Waals surface area contributed by atoms with Crippen LogP contribution < -0.4 is 10.2 Å². The number of nitrogens with zero attached hydrogens (tertiary/aromatic N) is 2. The smallest absolute Gasteiger partial charge is 0.317 e. The minimum absolute atomic E-state index is 0.0602. The minimum Gasteiger partial charge on any atom is -0.370 e. The molecule has 0 aromatic heterocycles. The number of para-hydroxylation sites is 1. The third-order valence-electron chi connectivity index (χ3n) is 4.13. The molecule has 1 saturated heterocycles. The first kappa shape index (κ1) is 17.6. The second kappa shape index (κ2) is 7.68. The van der Waals surface area contributed by atoms with Gasteiger partial charge in [0.15, 0.2) is 9.84 Å². The van der Waals surface area contributed by atoms with E-state index in [9.17, 15) is 13.2 Å². The number of hydrogen-bond acceptors (Lipinski definition) is 4. The predicted octanol–water partition coefficient (Wildman–Crippen LogP) is 1.26. The molecule has 1 N–H and O–H groups in total. The highest BCUT2D eigenvalue weighted by Gasteiger charge is 2.24. The summed E-state index contributed by atoms with van der Waals surface area (Å²) >= 11 is 0. The molecule has 0 radical (unpaired) electrons. The van der Waals surface area contributed by atoms with Crippen molar-refractivity contribution in [2.75, 3.05) is 49.1 Å². The molecule has 1 aliphatic heterocycles. The van der Waals surface area contributed by atoms with E-state index in [4.69, 9.17) is 0 Å². The first-order valence-corrected chi connectivity index (χ1v) is 9.79. The van der Waals surface area contributed by atoms with Crippen molar-refractivity contribution in [1.29, 1.82) is 0 Å². The summed E-state index contributed by atoms with van der Waals surface area (Å²) in [5, 5.41) is 2.88. The van der Waals surface area contributed by atoms with Crippen molar-refractivity contribution >= 4 is 21.6 Å². The second-order valence-corrected chi connectivity index (χ2v) is 8.04. The summed E-state index contributed by atoms with van der Waals surface area (Å²) in [7, 11) is -2.96. The molecule has 0 unspecified atom stereocenters. The number of urea groups is 1. The fraction of sp³-hybridized carbons (Fsp3) is 0.562. The second-order valence-electron chi connectivity index (χ2n) is 5.74. The van der Waals surface area contributed by atoms with Crippen molar-refractivity contribution in [2.24, 2.45) is 0 Å². The standard InChI is InChI=1S/C16H25N3O3S/c1-3-18(15-7-5-4-6-14(15)2)9-8-17-16(20)19-10-12-23(21,22)13-11-19/h4-7H,3,8-13H2,1-2H3,(H,17,20). The summed E-state index contributed by atoms with van der Waals surface area (Å²) in [5.74, 6) is 0.120. The van der Waals surface area contributed by atoms with Crippen molar-refractivity contribution in [1.82, 2.24) is 10.2 Å². The molecule has 2 rings (SSSR count). The van der Waals surface area contributed by atoms with Crippen molar-refractivity contribution < 1.29 is 13.2 Å². The molecule has 1 aromatic rings. The highest BCUT2D eigenvalue weighted by Crippen LogP contribution is 2.18. The molecule has 1 aliphatic rings. The highest BCUT2D eigenvalue weighted by molar-refractivity contribution is 7.91. The Kier molecular flexibility index (Phi) is 5.87. The Labute approximate surface area is 138 Å². The maximum atomic E-state index is 12.1. The topological polar surface area (TPSA) is 69.7 Å². The SMILES string of the molecule is CCN(CCNC(=O)N1CCS(=O)(=O)CC1)c1ccccc1C. The summed E-state index contributed by atoms with van der Waals surface area (Å²) in [6.45, 7) is 6.84. The molecule has 0 atom stereocenters. The number of nitrogens with one attached hydrogen (secondary N) is 1. The zero-order valence-electron chi connectivity index (χ0n) is 13.8. The van der Waals surface area contributed by atoms with Gasteiger partial charge in [-0.15, -0.1) is 0 Å². The van der Waals surface area contributed by atoms with Crippen molar-refractivity contribution in [3.05, 3.63) is 29.8 Å². The van der Waals surface area contributed by atoms with Gasteiger partial charge in [0.25, 0.3) is 0 Å². The van der Waals surface area contributed by atoms with Crippen LogP contribution in [-0.4, -0.2) is 63.6 Å². The maximum absolute atomic E-state index is 12.1. The maximum Gasteiger partial charge on any atom is 0.317 e. The minimum atomic E-state index is -2.96. The van der Waals surface area contributed by atoms with Crippen LogP contribution in [0.5, 0.6) is 0 Å². The lowest BCUT2D eigenvalue weighted by Crippen LogP contribution is -2.49. The predicted molar refractivity (Wildman–Crippen MR) is 92.7 cm³/mol. The number of rotatable bonds is 5. The van der Waals surface area contributed by atoms with Crippen molar-refractivity contribution in [3.8, 4) is 0 Å². The van der Waals surface area contributed by atoms with Crippen LogP contribution in [0.1, 0.15) is 12.5 Å². The van der Waals surface area contributed by atoms with Gasteiger partial charge >= 0.3 is 6.03 Å². The Balaban J connectivity index is 1.82. The third kappa shape index (κ3) is 4.86. The number of aryl methyl sites for hydroxylation is 1. The van der Waals surface area contributed by atoms with Crippen LogP contribution >= 0.6 is 0 Å². The van der Waals surface area contributed by atoms with Gasteiger partial charge in [0, 0.05) is 38.4 Å². The zero-order chi connectivity index (χ0) is 16.9. The van der Waals surface area contributed by atoms with Crippen LogP contribution in [0.2, 0.25) is 0 Å².